The molecule has 0 unspecified atom stereocenters. The number of Topliss-reactive ketones (excluding diaryl/α,β-unsaturated/α-hetero) is 1. The zero-order valence-corrected chi connectivity index (χ0v) is 14.6. The van der Waals surface area contributed by atoms with Gasteiger partial charge in [-0.1, -0.05) is 23.2 Å². The monoisotopic (exact) mass is 365 g/mol. The van der Waals surface area contributed by atoms with Gasteiger partial charge in [-0.05, 0) is 48.9 Å². The van der Waals surface area contributed by atoms with Crippen LogP contribution >= 0.6 is 35.0 Å². The molecule has 0 saturated heterocycles. The van der Waals surface area contributed by atoms with Crippen molar-refractivity contribution >= 4 is 52.3 Å². The minimum atomic E-state index is -0.229. The molecule has 6 heteroatoms. The summed E-state index contributed by atoms with van der Waals surface area (Å²) in [7, 11) is 0. The minimum Gasteiger partial charge on any atom is -0.325 e. The molecule has 3 rings (SSSR count). The van der Waals surface area contributed by atoms with Gasteiger partial charge in [0, 0.05) is 21.2 Å². The van der Waals surface area contributed by atoms with E-state index in [9.17, 15) is 9.59 Å². The number of thioether (sulfide) groups is 1. The van der Waals surface area contributed by atoms with Gasteiger partial charge >= 0.3 is 0 Å². The van der Waals surface area contributed by atoms with Crippen LogP contribution in [0.3, 0.4) is 0 Å². The second kappa shape index (κ2) is 6.56. The molecule has 1 aliphatic rings. The van der Waals surface area contributed by atoms with Crippen molar-refractivity contribution in [3.63, 3.8) is 0 Å². The largest absolute Gasteiger partial charge is 0.325 e. The molecule has 1 N–H and O–H groups in total. The first-order chi connectivity index (χ1) is 11.0. The van der Waals surface area contributed by atoms with Crippen molar-refractivity contribution in [2.75, 3.05) is 11.1 Å². The van der Waals surface area contributed by atoms with E-state index in [1.165, 1.54) is 11.8 Å². The number of carbonyl (C=O) groups excluding carboxylic acids is 2. The molecule has 2 aromatic rings. The molecule has 1 aliphatic heterocycles. The minimum absolute atomic E-state index is 0.0135. The van der Waals surface area contributed by atoms with Crippen molar-refractivity contribution in [3.05, 3.63) is 57.6 Å². The molecule has 0 fully saturated rings. The van der Waals surface area contributed by atoms with Crippen LogP contribution in [-0.4, -0.2) is 17.4 Å². The third kappa shape index (κ3) is 3.39. The summed E-state index contributed by atoms with van der Waals surface area (Å²) >= 11 is 13.4. The topological polar surface area (TPSA) is 46.2 Å². The number of ketones is 1. The lowest BCUT2D eigenvalue weighted by atomic mass is 9.99. The number of carbonyl (C=O) groups is 2. The van der Waals surface area contributed by atoms with Gasteiger partial charge in [0.25, 0.3) is 0 Å². The van der Waals surface area contributed by atoms with Crippen molar-refractivity contribution in [1.29, 1.82) is 0 Å². The van der Waals surface area contributed by atoms with E-state index in [0.717, 1.165) is 16.1 Å². The van der Waals surface area contributed by atoms with E-state index >= 15 is 0 Å². The lowest BCUT2D eigenvalue weighted by Crippen LogP contribution is -2.08. The zero-order valence-electron chi connectivity index (χ0n) is 12.2. The number of benzene rings is 2. The Morgan fingerprint density at radius 1 is 1.22 bits per heavy atom. The van der Waals surface area contributed by atoms with Crippen LogP contribution in [0.2, 0.25) is 10.0 Å². The number of hydrogen-bond donors (Lipinski definition) is 1. The summed E-state index contributed by atoms with van der Waals surface area (Å²) in [6.07, 6.45) is 0. The highest BCUT2D eigenvalue weighted by molar-refractivity contribution is 8.00. The lowest BCUT2D eigenvalue weighted by Gasteiger charge is -2.07. The summed E-state index contributed by atoms with van der Waals surface area (Å²) in [5, 5.41) is 3.95. The van der Waals surface area contributed by atoms with Gasteiger partial charge in [-0.3, -0.25) is 9.59 Å². The van der Waals surface area contributed by atoms with Gasteiger partial charge in [0.2, 0.25) is 5.91 Å². The Bertz CT molecular complexity index is 807. The Kier molecular flexibility index (Phi) is 4.67. The van der Waals surface area contributed by atoms with Crippen LogP contribution in [0.4, 0.5) is 5.69 Å². The fourth-order valence-corrected chi connectivity index (χ4v) is 3.79. The Morgan fingerprint density at radius 2 is 2.00 bits per heavy atom. The summed E-state index contributed by atoms with van der Waals surface area (Å²) in [6, 6.07) is 10.5. The van der Waals surface area contributed by atoms with Crippen LogP contribution in [0.1, 0.15) is 28.8 Å². The molecule has 0 saturated carbocycles. The van der Waals surface area contributed by atoms with E-state index in [1.54, 1.807) is 36.4 Å². The summed E-state index contributed by atoms with van der Waals surface area (Å²) in [5.74, 6) is -0.0212. The highest BCUT2D eigenvalue weighted by Crippen LogP contribution is 2.34. The third-order valence-corrected chi connectivity index (χ3v) is 5.48. The van der Waals surface area contributed by atoms with Gasteiger partial charge in [0.05, 0.1) is 16.7 Å². The number of amides is 1. The van der Waals surface area contributed by atoms with E-state index < -0.39 is 0 Å². The SMILES string of the molecule is C[C@H]1C(=O)Nc2ccc(C(=O)CSc3cc(Cl)ccc3Cl)cc21. The van der Waals surface area contributed by atoms with Crippen molar-refractivity contribution < 1.29 is 9.59 Å². The van der Waals surface area contributed by atoms with Gasteiger partial charge in [-0.2, -0.15) is 0 Å². The normalized spacial score (nSPS) is 16.1. The maximum Gasteiger partial charge on any atom is 0.231 e. The van der Waals surface area contributed by atoms with E-state index in [2.05, 4.69) is 5.32 Å². The van der Waals surface area contributed by atoms with E-state index in [4.69, 9.17) is 23.2 Å². The van der Waals surface area contributed by atoms with Crippen molar-refractivity contribution in [3.8, 4) is 0 Å². The molecule has 0 aromatic heterocycles. The van der Waals surface area contributed by atoms with Crippen LogP contribution in [0.25, 0.3) is 0 Å². The Morgan fingerprint density at radius 3 is 2.78 bits per heavy atom. The third-order valence-electron chi connectivity index (χ3n) is 3.74. The highest BCUT2D eigenvalue weighted by atomic mass is 35.5. The number of hydrogen-bond acceptors (Lipinski definition) is 3. The van der Waals surface area contributed by atoms with Crippen LogP contribution in [-0.2, 0) is 4.79 Å². The van der Waals surface area contributed by atoms with E-state index in [-0.39, 0.29) is 23.4 Å². The second-order valence-electron chi connectivity index (χ2n) is 5.30. The molecule has 118 valence electrons. The highest BCUT2D eigenvalue weighted by Gasteiger charge is 2.27. The first-order valence-electron chi connectivity index (χ1n) is 7.01. The molecule has 1 atom stereocenters. The van der Waals surface area contributed by atoms with Crippen molar-refractivity contribution in [1.82, 2.24) is 0 Å². The summed E-state index contributed by atoms with van der Waals surface area (Å²) in [6.45, 7) is 1.83. The van der Waals surface area contributed by atoms with Gasteiger partial charge in [-0.25, -0.2) is 0 Å². The molecule has 0 bridgehead atoms. The standard InChI is InChI=1S/C17H13Cl2NO2S/c1-9-12-6-10(2-5-14(12)20-17(9)22)15(21)8-23-16-7-11(18)3-4-13(16)19/h2-7,9H,8H2,1H3,(H,20,22)/t9-/m1/s1. The average Bonchev–Trinajstić information content (AvgIpc) is 2.82. The van der Waals surface area contributed by atoms with Gasteiger partial charge < -0.3 is 5.32 Å². The quantitative estimate of drug-likeness (QED) is 0.610. The molecule has 0 aliphatic carbocycles. The van der Waals surface area contributed by atoms with Crippen LogP contribution < -0.4 is 5.32 Å². The number of halogens is 2. The zero-order chi connectivity index (χ0) is 16.6. The predicted molar refractivity (Wildman–Crippen MR) is 95.0 cm³/mol. The summed E-state index contributed by atoms with van der Waals surface area (Å²) in [5.41, 5.74) is 2.24. The lowest BCUT2D eigenvalue weighted by molar-refractivity contribution is -0.116. The first-order valence-corrected chi connectivity index (χ1v) is 8.75. The summed E-state index contributed by atoms with van der Waals surface area (Å²) in [4.78, 5) is 24.8. The number of rotatable bonds is 4. The fourth-order valence-electron chi connectivity index (χ4n) is 2.40. The second-order valence-corrected chi connectivity index (χ2v) is 7.16. The van der Waals surface area contributed by atoms with Gasteiger partial charge in [0.15, 0.2) is 5.78 Å². The van der Waals surface area contributed by atoms with E-state index in [1.807, 2.05) is 6.92 Å². The smallest absolute Gasteiger partial charge is 0.231 e. The van der Waals surface area contributed by atoms with Crippen molar-refractivity contribution in [2.24, 2.45) is 0 Å². The number of anilines is 1. The molecule has 23 heavy (non-hydrogen) atoms. The Hall–Kier alpha value is -1.49. The first kappa shape index (κ1) is 16.4. The summed E-state index contributed by atoms with van der Waals surface area (Å²) < 4.78 is 0. The predicted octanol–water partition coefficient (Wildman–Crippen LogP) is 5.02. The molecule has 2 aromatic carbocycles. The Balaban J connectivity index is 1.75. The van der Waals surface area contributed by atoms with Crippen LogP contribution in [0.15, 0.2) is 41.3 Å². The molecule has 0 spiro atoms. The number of nitrogens with one attached hydrogen (secondary N) is 1. The number of fused-ring (bicyclic) bond motifs is 1. The van der Waals surface area contributed by atoms with E-state index in [0.29, 0.717) is 15.6 Å². The molecule has 0 radical (unpaired) electrons. The maximum absolute atomic E-state index is 12.4. The maximum atomic E-state index is 12.4. The van der Waals surface area contributed by atoms with Crippen LogP contribution in [0, 0.1) is 0 Å². The molecule has 1 heterocycles. The fraction of sp³-hybridized carbons (Fsp3) is 0.176. The average molecular weight is 366 g/mol. The molecule has 3 nitrogen and oxygen atoms in total. The van der Waals surface area contributed by atoms with Crippen LogP contribution in [0.5, 0.6) is 0 Å². The molecular formula is C17H13Cl2NO2S. The van der Waals surface area contributed by atoms with Crippen molar-refractivity contribution in [2.45, 2.75) is 17.7 Å². The Labute approximate surface area is 148 Å². The van der Waals surface area contributed by atoms with Gasteiger partial charge in [-0.15, -0.1) is 11.8 Å². The van der Waals surface area contributed by atoms with Gasteiger partial charge in [0.1, 0.15) is 0 Å². The molecular weight excluding hydrogens is 353 g/mol. The molecule has 1 amide bonds.